The Balaban J connectivity index is 2.95. The second-order valence-corrected chi connectivity index (χ2v) is 6.03. The van der Waals surface area contributed by atoms with Gasteiger partial charge in [0.25, 0.3) is 0 Å². The van der Waals surface area contributed by atoms with Crippen LogP contribution in [-0.4, -0.2) is 13.2 Å². The first kappa shape index (κ1) is 9.99. The molecule has 2 atom stereocenters. The lowest BCUT2D eigenvalue weighted by Crippen LogP contribution is -2.47. The van der Waals surface area contributed by atoms with Gasteiger partial charge in [-0.05, 0) is 25.7 Å². The normalized spacial score (nSPS) is 38.1. The third kappa shape index (κ3) is 1.50. The molecule has 0 radical (unpaired) electrons. The number of hydrogen-bond acceptors (Lipinski definition) is 2. The van der Waals surface area contributed by atoms with Crippen molar-refractivity contribution in [3.63, 3.8) is 0 Å². The van der Waals surface area contributed by atoms with Crippen molar-refractivity contribution >= 4 is 10.0 Å². The van der Waals surface area contributed by atoms with Gasteiger partial charge in [-0.25, -0.2) is 13.6 Å². The molecule has 1 aliphatic rings. The summed E-state index contributed by atoms with van der Waals surface area (Å²) >= 11 is 0. The molecule has 0 saturated heterocycles. The standard InChI is InChI=1S/C8H17NO2S/c1-7-5-3-4-6-8(7,2)12(9,10)11/h7H,3-6H2,1-2H3,(H2,9,10,11). The van der Waals surface area contributed by atoms with Crippen LogP contribution >= 0.6 is 0 Å². The fraction of sp³-hybridized carbons (Fsp3) is 1.00. The van der Waals surface area contributed by atoms with Gasteiger partial charge in [-0.1, -0.05) is 19.8 Å². The lowest BCUT2D eigenvalue weighted by Gasteiger charge is -2.37. The summed E-state index contributed by atoms with van der Waals surface area (Å²) in [4.78, 5) is 0. The van der Waals surface area contributed by atoms with Crippen LogP contribution in [0.4, 0.5) is 0 Å². The largest absolute Gasteiger partial charge is 0.228 e. The average Bonchev–Trinajstić information content (AvgIpc) is 1.93. The highest BCUT2D eigenvalue weighted by atomic mass is 32.2. The van der Waals surface area contributed by atoms with Crippen LogP contribution < -0.4 is 5.14 Å². The molecule has 12 heavy (non-hydrogen) atoms. The van der Waals surface area contributed by atoms with Gasteiger partial charge in [0.05, 0.1) is 4.75 Å². The van der Waals surface area contributed by atoms with E-state index in [9.17, 15) is 8.42 Å². The quantitative estimate of drug-likeness (QED) is 0.678. The third-order valence-electron chi connectivity index (χ3n) is 3.25. The van der Waals surface area contributed by atoms with E-state index in [1.165, 1.54) is 0 Å². The molecular formula is C8H17NO2S. The van der Waals surface area contributed by atoms with E-state index in [4.69, 9.17) is 5.14 Å². The molecule has 0 spiro atoms. The fourth-order valence-corrected chi connectivity index (χ4v) is 3.01. The smallest absolute Gasteiger partial charge is 0.214 e. The summed E-state index contributed by atoms with van der Waals surface area (Å²) in [6.45, 7) is 3.75. The van der Waals surface area contributed by atoms with Gasteiger partial charge in [0.15, 0.2) is 0 Å². The molecule has 0 aromatic heterocycles. The highest BCUT2D eigenvalue weighted by Gasteiger charge is 2.42. The Labute approximate surface area is 74.4 Å². The zero-order valence-corrected chi connectivity index (χ0v) is 8.52. The van der Waals surface area contributed by atoms with E-state index in [1.54, 1.807) is 6.92 Å². The number of primary sulfonamides is 1. The molecule has 3 nitrogen and oxygen atoms in total. The van der Waals surface area contributed by atoms with Crippen molar-refractivity contribution in [1.29, 1.82) is 0 Å². The maximum Gasteiger partial charge on any atom is 0.214 e. The summed E-state index contributed by atoms with van der Waals surface area (Å²) in [5, 5.41) is 5.21. The first-order valence-corrected chi connectivity index (χ1v) is 5.95. The van der Waals surface area contributed by atoms with Crippen molar-refractivity contribution in [2.24, 2.45) is 11.1 Å². The Kier molecular flexibility index (Phi) is 2.50. The number of nitrogens with two attached hydrogens (primary N) is 1. The number of rotatable bonds is 1. The second kappa shape index (κ2) is 3.00. The van der Waals surface area contributed by atoms with Crippen LogP contribution in [0.2, 0.25) is 0 Å². The molecule has 0 amide bonds. The molecule has 1 aliphatic carbocycles. The fourth-order valence-electron chi connectivity index (χ4n) is 1.90. The number of sulfonamides is 1. The summed E-state index contributed by atoms with van der Waals surface area (Å²) in [6, 6.07) is 0. The van der Waals surface area contributed by atoms with Crippen LogP contribution in [0.15, 0.2) is 0 Å². The van der Waals surface area contributed by atoms with E-state index >= 15 is 0 Å². The lowest BCUT2D eigenvalue weighted by molar-refractivity contribution is 0.295. The average molecular weight is 191 g/mol. The summed E-state index contributed by atoms with van der Waals surface area (Å²) in [6.07, 6.45) is 3.81. The van der Waals surface area contributed by atoms with Crippen LogP contribution in [0.25, 0.3) is 0 Å². The Morgan fingerprint density at radius 1 is 1.42 bits per heavy atom. The minimum absolute atomic E-state index is 0.196. The predicted octanol–water partition coefficient (Wildman–Crippen LogP) is 1.24. The van der Waals surface area contributed by atoms with Crippen molar-refractivity contribution in [3.05, 3.63) is 0 Å². The van der Waals surface area contributed by atoms with Crippen LogP contribution in [0, 0.1) is 5.92 Å². The molecule has 1 fully saturated rings. The zero-order chi connectivity index (χ0) is 9.41. The monoisotopic (exact) mass is 191 g/mol. The molecule has 1 saturated carbocycles. The summed E-state index contributed by atoms with van der Waals surface area (Å²) < 4.78 is 21.9. The third-order valence-corrected chi connectivity index (χ3v) is 5.16. The molecule has 0 aliphatic heterocycles. The van der Waals surface area contributed by atoms with Crippen LogP contribution in [0.1, 0.15) is 39.5 Å². The van der Waals surface area contributed by atoms with E-state index in [-0.39, 0.29) is 5.92 Å². The van der Waals surface area contributed by atoms with E-state index in [2.05, 4.69) is 0 Å². The Morgan fingerprint density at radius 3 is 2.33 bits per heavy atom. The van der Waals surface area contributed by atoms with Gasteiger partial charge in [0, 0.05) is 0 Å². The summed E-state index contributed by atoms with van der Waals surface area (Å²) in [7, 11) is -3.37. The SMILES string of the molecule is CC1CCCCC1(C)S(N)(=O)=O. The van der Waals surface area contributed by atoms with E-state index < -0.39 is 14.8 Å². The Bertz CT molecular complexity index is 260. The van der Waals surface area contributed by atoms with Gasteiger partial charge in [-0.3, -0.25) is 0 Å². The molecule has 2 unspecified atom stereocenters. The topological polar surface area (TPSA) is 60.2 Å². The molecule has 0 aromatic carbocycles. The second-order valence-electron chi connectivity index (χ2n) is 4.00. The molecule has 1 rings (SSSR count). The number of hydrogen-bond donors (Lipinski definition) is 1. The van der Waals surface area contributed by atoms with Gasteiger partial charge in [-0.15, -0.1) is 0 Å². The van der Waals surface area contributed by atoms with Gasteiger partial charge in [-0.2, -0.15) is 0 Å². The molecule has 0 aromatic rings. The molecule has 72 valence electrons. The van der Waals surface area contributed by atoms with Crippen LogP contribution in [0.3, 0.4) is 0 Å². The lowest BCUT2D eigenvalue weighted by atomic mass is 9.81. The minimum atomic E-state index is -3.37. The molecular weight excluding hydrogens is 174 g/mol. The molecule has 0 heterocycles. The van der Waals surface area contributed by atoms with Crippen LogP contribution in [-0.2, 0) is 10.0 Å². The highest BCUT2D eigenvalue weighted by Crippen LogP contribution is 2.37. The molecule has 2 N–H and O–H groups in total. The minimum Gasteiger partial charge on any atom is -0.228 e. The molecule has 0 bridgehead atoms. The van der Waals surface area contributed by atoms with E-state index in [1.807, 2.05) is 6.92 Å². The van der Waals surface area contributed by atoms with Gasteiger partial charge < -0.3 is 0 Å². The predicted molar refractivity (Wildman–Crippen MR) is 49.1 cm³/mol. The molecule has 4 heteroatoms. The summed E-state index contributed by atoms with van der Waals surface area (Å²) in [5.74, 6) is 0.196. The first-order valence-electron chi connectivity index (χ1n) is 4.40. The maximum absolute atomic E-state index is 11.3. The van der Waals surface area contributed by atoms with E-state index in [0.29, 0.717) is 6.42 Å². The van der Waals surface area contributed by atoms with Crippen molar-refractivity contribution in [1.82, 2.24) is 0 Å². The highest BCUT2D eigenvalue weighted by molar-refractivity contribution is 7.90. The van der Waals surface area contributed by atoms with Crippen molar-refractivity contribution in [2.75, 3.05) is 0 Å². The Hall–Kier alpha value is -0.0900. The maximum atomic E-state index is 11.3. The Morgan fingerprint density at radius 2 is 2.00 bits per heavy atom. The van der Waals surface area contributed by atoms with Crippen molar-refractivity contribution in [3.8, 4) is 0 Å². The van der Waals surface area contributed by atoms with Crippen molar-refractivity contribution in [2.45, 2.75) is 44.3 Å². The van der Waals surface area contributed by atoms with Gasteiger partial charge >= 0.3 is 0 Å². The summed E-state index contributed by atoms with van der Waals surface area (Å²) in [5.41, 5.74) is 0. The van der Waals surface area contributed by atoms with E-state index in [0.717, 1.165) is 19.3 Å². The van der Waals surface area contributed by atoms with Gasteiger partial charge in [0.1, 0.15) is 0 Å². The van der Waals surface area contributed by atoms with Crippen molar-refractivity contribution < 1.29 is 8.42 Å². The van der Waals surface area contributed by atoms with Gasteiger partial charge in [0.2, 0.25) is 10.0 Å². The van der Waals surface area contributed by atoms with Crippen LogP contribution in [0.5, 0.6) is 0 Å². The first-order chi connectivity index (χ1) is 5.38. The zero-order valence-electron chi connectivity index (χ0n) is 7.71.